The van der Waals surface area contributed by atoms with Crippen molar-refractivity contribution in [2.45, 2.75) is 6.18 Å². The van der Waals surface area contributed by atoms with Crippen molar-refractivity contribution in [1.82, 2.24) is 24.5 Å². The fourth-order valence-electron chi connectivity index (χ4n) is 4.01. The lowest BCUT2D eigenvalue weighted by atomic mass is 10.1. The number of nitrogens with zero attached hydrogens (tertiary/aromatic N) is 6. The van der Waals surface area contributed by atoms with Crippen molar-refractivity contribution < 1.29 is 22.7 Å². The van der Waals surface area contributed by atoms with E-state index in [2.05, 4.69) is 30.2 Å². The first-order valence-electron chi connectivity index (χ1n) is 11.0. The number of nitrogens with two attached hydrogens (primary N) is 1. The Labute approximate surface area is 202 Å². The van der Waals surface area contributed by atoms with Crippen molar-refractivity contribution in [3.63, 3.8) is 0 Å². The summed E-state index contributed by atoms with van der Waals surface area (Å²) in [5.74, 6) is -1.44. The molecule has 0 unspecified atom stereocenters. The number of aromatic nitrogens is 5. The van der Waals surface area contributed by atoms with Crippen LogP contribution in [0.3, 0.4) is 0 Å². The zero-order valence-electron chi connectivity index (χ0n) is 19.1. The van der Waals surface area contributed by atoms with Crippen molar-refractivity contribution in [2.75, 3.05) is 36.5 Å². The normalized spacial score (nSPS) is 14.3. The molecule has 186 valence electrons. The van der Waals surface area contributed by atoms with Crippen LogP contribution in [0.5, 0.6) is 0 Å². The number of ether oxygens (including phenoxy) is 1. The molecule has 36 heavy (non-hydrogen) atoms. The van der Waals surface area contributed by atoms with Crippen LogP contribution >= 0.6 is 0 Å². The van der Waals surface area contributed by atoms with Gasteiger partial charge in [0, 0.05) is 43.3 Å². The molecule has 0 bridgehead atoms. The predicted octanol–water partition coefficient (Wildman–Crippen LogP) is 3.12. The van der Waals surface area contributed by atoms with Crippen LogP contribution in [0.25, 0.3) is 22.3 Å². The van der Waals surface area contributed by atoms with Crippen LogP contribution in [0.4, 0.5) is 30.4 Å². The first-order valence-corrected chi connectivity index (χ1v) is 11.0. The molecule has 3 N–H and O–H groups in total. The van der Waals surface area contributed by atoms with Gasteiger partial charge in [0.25, 0.3) is 5.91 Å². The summed E-state index contributed by atoms with van der Waals surface area (Å²) in [5.41, 5.74) is 5.25. The zero-order valence-corrected chi connectivity index (χ0v) is 19.1. The monoisotopic (exact) mass is 498 g/mol. The number of primary amides is 1. The fraction of sp³-hybridized carbons (Fsp3) is 0.261. The van der Waals surface area contributed by atoms with Crippen molar-refractivity contribution >= 4 is 34.1 Å². The molecule has 13 heteroatoms. The van der Waals surface area contributed by atoms with Gasteiger partial charge in [-0.2, -0.15) is 13.2 Å². The number of alkyl halides is 3. The zero-order chi connectivity index (χ0) is 25.4. The Kier molecular flexibility index (Phi) is 5.92. The average molecular weight is 498 g/mol. The number of nitrogens with one attached hydrogen (secondary N) is 1. The van der Waals surface area contributed by atoms with Gasteiger partial charge >= 0.3 is 6.18 Å². The van der Waals surface area contributed by atoms with Crippen molar-refractivity contribution in [3.05, 3.63) is 54.4 Å². The minimum atomic E-state index is -4.88. The molecule has 0 saturated carbocycles. The van der Waals surface area contributed by atoms with Gasteiger partial charge in [0.1, 0.15) is 11.2 Å². The van der Waals surface area contributed by atoms with Crippen LogP contribution < -0.4 is 16.0 Å². The number of carbonyl (C=O) groups excluding carboxylic acids is 1. The van der Waals surface area contributed by atoms with E-state index in [9.17, 15) is 18.0 Å². The Morgan fingerprint density at radius 3 is 2.50 bits per heavy atom. The Hall–Kier alpha value is -4.26. The molecule has 1 saturated heterocycles. The number of imidazole rings is 1. The van der Waals surface area contributed by atoms with Gasteiger partial charge in [0.05, 0.1) is 31.3 Å². The molecule has 0 spiro atoms. The van der Waals surface area contributed by atoms with Crippen LogP contribution in [0.1, 0.15) is 16.2 Å². The number of fused-ring (bicyclic) bond motifs is 1. The first kappa shape index (κ1) is 23.5. The van der Waals surface area contributed by atoms with Gasteiger partial charge in [0.15, 0.2) is 17.2 Å². The molecule has 3 aromatic heterocycles. The van der Waals surface area contributed by atoms with E-state index >= 15 is 0 Å². The Morgan fingerprint density at radius 2 is 1.83 bits per heavy atom. The molecule has 1 aliphatic rings. The van der Waals surface area contributed by atoms with E-state index in [1.165, 1.54) is 18.7 Å². The highest BCUT2D eigenvalue weighted by Gasteiger charge is 2.39. The number of aryl methyl sites for hydroxylation is 1. The molecule has 1 amide bonds. The lowest BCUT2D eigenvalue weighted by molar-refractivity contribution is -0.140. The van der Waals surface area contributed by atoms with Gasteiger partial charge in [-0.25, -0.2) is 15.0 Å². The molecular weight excluding hydrogens is 477 g/mol. The Balaban J connectivity index is 1.58. The quantitative estimate of drug-likeness (QED) is 0.430. The maximum atomic E-state index is 14.1. The highest BCUT2D eigenvalue weighted by molar-refractivity contribution is 5.98. The molecule has 4 heterocycles. The second-order valence-corrected chi connectivity index (χ2v) is 8.16. The standard InChI is InChI=1S/C23H21F3N8O2/c1-33-12-29-17-15(10-28-11-16(17)33)18-20(23(24,25)26)32-22(19(31-18)21(27)35)30-13-2-4-14(5-3-13)34-6-8-36-9-7-34/h2-5,10-12H,6-9H2,1H3,(H2,27,35)(H,30,32). The van der Waals surface area contributed by atoms with Gasteiger partial charge in [0.2, 0.25) is 0 Å². The SMILES string of the molecule is Cn1cnc2c(-c3nc(C(N)=O)c(Nc4ccc(N5CCOCC5)cc4)nc3C(F)(F)F)cncc21. The minimum Gasteiger partial charge on any atom is -0.378 e. The molecule has 0 atom stereocenters. The van der Waals surface area contributed by atoms with E-state index in [1.807, 2.05) is 12.1 Å². The Bertz CT molecular complexity index is 1430. The number of rotatable bonds is 5. The maximum Gasteiger partial charge on any atom is 0.435 e. The van der Waals surface area contributed by atoms with E-state index in [0.29, 0.717) is 24.4 Å². The third kappa shape index (κ3) is 4.40. The summed E-state index contributed by atoms with van der Waals surface area (Å²) in [5, 5.41) is 2.76. The predicted molar refractivity (Wildman–Crippen MR) is 126 cm³/mol. The molecule has 1 aliphatic heterocycles. The Morgan fingerprint density at radius 1 is 1.11 bits per heavy atom. The number of pyridine rings is 1. The van der Waals surface area contributed by atoms with Gasteiger partial charge in [-0.05, 0) is 24.3 Å². The van der Waals surface area contributed by atoms with Crippen LogP contribution in [-0.2, 0) is 18.0 Å². The molecule has 0 aliphatic carbocycles. The summed E-state index contributed by atoms with van der Waals surface area (Å²) < 4.78 is 49.4. The molecule has 5 rings (SSSR count). The topological polar surface area (TPSA) is 124 Å². The van der Waals surface area contributed by atoms with Gasteiger partial charge in [-0.15, -0.1) is 0 Å². The molecule has 10 nitrogen and oxygen atoms in total. The smallest absolute Gasteiger partial charge is 0.378 e. The van der Waals surface area contributed by atoms with E-state index < -0.39 is 35.0 Å². The third-order valence-electron chi connectivity index (χ3n) is 5.80. The number of anilines is 3. The fourth-order valence-corrected chi connectivity index (χ4v) is 4.01. The summed E-state index contributed by atoms with van der Waals surface area (Å²) in [6.07, 6.45) is -0.761. The van der Waals surface area contributed by atoms with Crippen LogP contribution in [0, 0.1) is 0 Å². The van der Waals surface area contributed by atoms with E-state index in [-0.39, 0.29) is 11.1 Å². The molecule has 4 aromatic rings. The van der Waals surface area contributed by atoms with Crippen LogP contribution in [-0.4, -0.2) is 56.7 Å². The van der Waals surface area contributed by atoms with Gasteiger partial charge in [-0.3, -0.25) is 9.78 Å². The van der Waals surface area contributed by atoms with Crippen LogP contribution in [0.15, 0.2) is 43.0 Å². The first-order chi connectivity index (χ1) is 17.2. The number of carbonyl (C=O) groups is 1. The largest absolute Gasteiger partial charge is 0.435 e. The minimum absolute atomic E-state index is 0.0168. The molecule has 1 fully saturated rings. The number of morpholine rings is 1. The summed E-state index contributed by atoms with van der Waals surface area (Å²) >= 11 is 0. The number of benzene rings is 1. The summed E-state index contributed by atoms with van der Waals surface area (Å²) in [4.78, 5) is 30.3. The second kappa shape index (κ2) is 9.07. The number of amides is 1. The van der Waals surface area contributed by atoms with Crippen LogP contribution in [0.2, 0.25) is 0 Å². The number of halogens is 3. The van der Waals surface area contributed by atoms with E-state index in [4.69, 9.17) is 10.5 Å². The highest BCUT2D eigenvalue weighted by Crippen LogP contribution is 2.38. The molecule has 0 radical (unpaired) electrons. The average Bonchev–Trinajstić information content (AvgIpc) is 3.25. The number of hydrogen-bond acceptors (Lipinski definition) is 8. The third-order valence-corrected chi connectivity index (χ3v) is 5.80. The van der Waals surface area contributed by atoms with Crippen molar-refractivity contribution in [1.29, 1.82) is 0 Å². The van der Waals surface area contributed by atoms with Gasteiger partial charge < -0.3 is 25.3 Å². The maximum absolute atomic E-state index is 14.1. The van der Waals surface area contributed by atoms with Crippen molar-refractivity contribution in [2.24, 2.45) is 12.8 Å². The van der Waals surface area contributed by atoms with Crippen molar-refractivity contribution in [3.8, 4) is 11.3 Å². The number of hydrogen-bond donors (Lipinski definition) is 2. The summed E-state index contributed by atoms with van der Waals surface area (Å²) in [6.45, 7) is 2.70. The lowest BCUT2D eigenvalue weighted by Gasteiger charge is -2.29. The van der Waals surface area contributed by atoms with E-state index in [0.717, 1.165) is 18.8 Å². The summed E-state index contributed by atoms with van der Waals surface area (Å²) in [6, 6.07) is 6.99. The van der Waals surface area contributed by atoms with Gasteiger partial charge in [-0.1, -0.05) is 0 Å². The van der Waals surface area contributed by atoms with E-state index in [1.54, 1.807) is 23.7 Å². The summed E-state index contributed by atoms with van der Waals surface area (Å²) in [7, 11) is 1.68. The molecule has 1 aromatic carbocycles. The molecular formula is C23H21F3N8O2. The highest BCUT2D eigenvalue weighted by atomic mass is 19.4. The second-order valence-electron chi connectivity index (χ2n) is 8.16. The lowest BCUT2D eigenvalue weighted by Crippen LogP contribution is -2.36.